The lowest BCUT2D eigenvalue weighted by atomic mass is 10.3. The zero-order valence-corrected chi connectivity index (χ0v) is 16.0. The molecule has 1 N–H and O–H groups in total. The van der Waals surface area contributed by atoms with Gasteiger partial charge in [0.15, 0.2) is 12.3 Å². The fraction of sp³-hybridized carbons (Fsp3) is 0.235. The largest absolute Gasteiger partial charge is 0.482 e. The molecule has 2 aromatic heterocycles. The smallest absolute Gasteiger partial charge is 0.262 e. The van der Waals surface area contributed by atoms with Crippen molar-refractivity contribution in [2.45, 2.75) is 19.9 Å². The van der Waals surface area contributed by atoms with Gasteiger partial charge in [-0.15, -0.1) is 0 Å². The number of aromatic nitrogens is 3. The van der Waals surface area contributed by atoms with Gasteiger partial charge in [-0.25, -0.2) is 9.67 Å². The summed E-state index contributed by atoms with van der Waals surface area (Å²) < 4.78 is 8.12. The molecule has 6 nitrogen and oxygen atoms in total. The van der Waals surface area contributed by atoms with E-state index in [1.807, 2.05) is 24.6 Å². The minimum Gasteiger partial charge on any atom is -0.482 e. The summed E-state index contributed by atoms with van der Waals surface area (Å²) in [6.45, 7) is 3.92. The van der Waals surface area contributed by atoms with Crippen LogP contribution in [0.4, 0.5) is 5.69 Å². The Morgan fingerprint density at radius 2 is 2.16 bits per heavy atom. The van der Waals surface area contributed by atoms with Crippen molar-refractivity contribution in [1.82, 2.24) is 14.8 Å². The van der Waals surface area contributed by atoms with Gasteiger partial charge in [0.05, 0.1) is 23.1 Å². The van der Waals surface area contributed by atoms with Crippen LogP contribution in [0.5, 0.6) is 5.75 Å². The van der Waals surface area contributed by atoms with Gasteiger partial charge in [-0.2, -0.15) is 5.10 Å². The topological polar surface area (TPSA) is 69.0 Å². The first-order valence-corrected chi connectivity index (χ1v) is 8.82. The number of nitrogens with zero attached hydrogens (tertiary/aromatic N) is 3. The maximum Gasteiger partial charge on any atom is 0.262 e. The molecule has 0 saturated heterocycles. The fourth-order valence-corrected chi connectivity index (χ4v) is 3.05. The minimum absolute atomic E-state index is 0.148. The molecule has 1 amide bonds. The van der Waals surface area contributed by atoms with Crippen molar-refractivity contribution in [3.8, 4) is 5.75 Å². The minimum atomic E-state index is -0.295. The number of hydrogen-bond acceptors (Lipinski definition) is 4. The van der Waals surface area contributed by atoms with Crippen molar-refractivity contribution in [2.24, 2.45) is 0 Å². The Bertz CT molecular complexity index is 926. The van der Waals surface area contributed by atoms with E-state index in [9.17, 15) is 4.79 Å². The molecule has 3 rings (SSSR count). The predicted octanol–water partition coefficient (Wildman–Crippen LogP) is 4.45. The highest BCUT2D eigenvalue weighted by molar-refractivity contribution is 9.10. The number of fused-ring (bicyclic) bond motifs is 1. The standard InChI is InChI=1S/C17H16BrClN4O2/c1-10(2)23-17-11(7-21-23)5-13(8-20-17)22-16(24)9-25-15-4-3-12(18)6-14(15)19/h3-8,10H,9H2,1-2H3,(H,22,24). The van der Waals surface area contributed by atoms with Gasteiger partial charge < -0.3 is 10.1 Å². The first kappa shape index (κ1) is 17.7. The van der Waals surface area contributed by atoms with Crippen LogP contribution in [0.3, 0.4) is 0 Å². The molecular weight excluding hydrogens is 408 g/mol. The van der Waals surface area contributed by atoms with Crippen LogP contribution in [0.15, 0.2) is 41.1 Å². The third kappa shape index (κ3) is 4.11. The number of hydrogen-bond donors (Lipinski definition) is 1. The number of nitrogens with one attached hydrogen (secondary N) is 1. The monoisotopic (exact) mass is 422 g/mol. The van der Waals surface area contributed by atoms with E-state index < -0.39 is 0 Å². The number of amides is 1. The summed E-state index contributed by atoms with van der Waals surface area (Å²) >= 11 is 9.38. The lowest BCUT2D eigenvalue weighted by Gasteiger charge is -2.09. The van der Waals surface area contributed by atoms with Gasteiger partial charge >= 0.3 is 0 Å². The maximum atomic E-state index is 12.1. The highest BCUT2D eigenvalue weighted by Gasteiger charge is 2.10. The van der Waals surface area contributed by atoms with Gasteiger partial charge in [-0.1, -0.05) is 27.5 Å². The SMILES string of the molecule is CC(C)n1ncc2cc(NC(=O)COc3ccc(Br)cc3Cl)cnc21. The fourth-order valence-electron chi connectivity index (χ4n) is 2.32. The average molecular weight is 424 g/mol. The number of ether oxygens (including phenoxy) is 1. The van der Waals surface area contributed by atoms with Crippen LogP contribution in [0, 0.1) is 0 Å². The van der Waals surface area contributed by atoms with E-state index in [2.05, 4.69) is 31.3 Å². The van der Waals surface area contributed by atoms with Crippen molar-refractivity contribution >= 4 is 50.2 Å². The van der Waals surface area contributed by atoms with Gasteiger partial charge in [-0.3, -0.25) is 4.79 Å². The summed E-state index contributed by atoms with van der Waals surface area (Å²) in [7, 11) is 0. The molecule has 0 aliphatic rings. The van der Waals surface area contributed by atoms with Crippen LogP contribution < -0.4 is 10.1 Å². The Balaban J connectivity index is 1.65. The van der Waals surface area contributed by atoms with Crippen LogP contribution in [-0.2, 0) is 4.79 Å². The third-order valence-corrected chi connectivity index (χ3v) is 4.25. The van der Waals surface area contributed by atoms with Gasteiger partial charge in [0, 0.05) is 15.9 Å². The molecular formula is C17H16BrClN4O2. The van der Waals surface area contributed by atoms with Gasteiger partial charge in [0.25, 0.3) is 5.91 Å². The molecule has 0 bridgehead atoms. The summed E-state index contributed by atoms with van der Waals surface area (Å²) in [5, 5.41) is 8.36. The Kier molecular flexibility index (Phi) is 5.24. The molecule has 0 aliphatic carbocycles. The number of carbonyl (C=O) groups excluding carboxylic acids is 1. The summed E-state index contributed by atoms with van der Waals surface area (Å²) in [5.74, 6) is 0.156. The van der Waals surface area contributed by atoms with E-state index in [4.69, 9.17) is 16.3 Å². The van der Waals surface area contributed by atoms with E-state index in [1.165, 1.54) is 0 Å². The van der Waals surface area contributed by atoms with Crippen molar-refractivity contribution in [1.29, 1.82) is 0 Å². The lowest BCUT2D eigenvalue weighted by molar-refractivity contribution is -0.118. The first-order valence-electron chi connectivity index (χ1n) is 7.65. The van der Waals surface area contributed by atoms with Gasteiger partial charge in [0.2, 0.25) is 0 Å². The Labute approximate surface area is 158 Å². The van der Waals surface area contributed by atoms with Crippen LogP contribution in [0.1, 0.15) is 19.9 Å². The normalized spacial score (nSPS) is 11.1. The lowest BCUT2D eigenvalue weighted by Crippen LogP contribution is -2.20. The Morgan fingerprint density at radius 3 is 2.88 bits per heavy atom. The molecule has 1 aromatic carbocycles. The number of carbonyl (C=O) groups is 1. The Morgan fingerprint density at radius 1 is 1.36 bits per heavy atom. The molecule has 0 spiro atoms. The molecule has 8 heteroatoms. The van der Waals surface area contributed by atoms with E-state index >= 15 is 0 Å². The summed E-state index contributed by atoms with van der Waals surface area (Å²) in [4.78, 5) is 16.5. The van der Waals surface area contributed by atoms with Gasteiger partial charge in [0.1, 0.15) is 5.75 Å². The molecule has 130 valence electrons. The van der Waals surface area contributed by atoms with E-state index in [0.29, 0.717) is 16.5 Å². The first-order chi connectivity index (χ1) is 11.9. The number of pyridine rings is 1. The quantitative estimate of drug-likeness (QED) is 0.658. The molecule has 0 atom stereocenters. The van der Waals surface area contributed by atoms with Crippen molar-refractivity contribution in [3.05, 3.63) is 46.2 Å². The average Bonchev–Trinajstić information content (AvgIpc) is 2.97. The van der Waals surface area contributed by atoms with Crippen LogP contribution in [0.25, 0.3) is 11.0 Å². The number of benzene rings is 1. The highest BCUT2D eigenvalue weighted by atomic mass is 79.9. The van der Waals surface area contributed by atoms with Crippen molar-refractivity contribution < 1.29 is 9.53 Å². The number of halogens is 2. The van der Waals surface area contributed by atoms with Crippen LogP contribution in [0.2, 0.25) is 5.02 Å². The molecule has 25 heavy (non-hydrogen) atoms. The van der Waals surface area contributed by atoms with E-state index in [-0.39, 0.29) is 18.6 Å². The zero-order chi connectivity index (χ0) is 18.0. The zero-order valence-electron chi connectivity index (χ0n) is 13.7. The summed E-state index contributed by atoms with van der Waals surface area (Å²) in [5.41, 5.74) is 1.37. The Hall–Kier alpha value is -2.12. The maximum absolute atomic E-state index is 12.1. The second-order valence-electron chi connectivity index (χ2n) is 5.73. The number of anilines is 1. The van der Waals surface area contributed by atoms with Crippen LogP contribution in [-0.4, -0.2) is 27.3 Å². The van der Waals surface area contributed by atoms with Gasteiger partial charge in [-0.05, 0) is 38.1 Å². The van der Waals surface area contributed by atoms with Crippen LogP contribution >= 0.6 is 27.5 Å². The van der Waals surface area contributed by atoms with E-state index in [0.717, 1.165) is 15.5 Å². The van der Waals surface area contributed by atoms with E-state index in [1.54, 1.807) is 30.6 Å². The summed E-state index contributed by atoms with van der Waals surface area (Å²) in [6.07, 6.45) is 3.34. The molecule has 3 aromatic rings. The molecule has 0 fully saturated rings. The third-order valence-electron chi connectivity index (χ3n) is 3.46. The molecule has 2 heterocycles. The molecule has 0 unspecified atom stereocenters. The summed E-state index contributed by atoms with van der Waals surface area (Å²) in [6, 6.07) is 7.25. The molecule has 0 aliphatic heterocycles. The predicted molar refractivity (Wildman–Crippen MR) is 101 cm³/mol. The molecule has 0 saturated carbocycles. The highest BCUT2D eigenvalue weighted by Crippen LogP contribution is 2.27. The van der Waals surface area contributed by atoms with Crippen molar-refractivity contribution in [3.63, 3.8) is 0 Å². The second-order valence-corrected chi connectivity index (χ2v) is 7.05. The molecule has 0 radical (unpaired) electrons. The number of rotatable bonds is 5. The van der Waals surface area contributed by atoms with Crippen molar-refractivity contribution in [2.75, 3.05) is 11.9 Å². The second kappa shape index (κ2) is 7.41.